The van der Waals surface area contributed by atoms with Gasteiger partial charge in [0.15, 0.2) is 0 Å². The zero-order valence-corrected chi connectivity index (χ0v) is 14.7. The average Bonchev–Trinajstić information content (AvgIpc) is 2.65. The molecule has 0 aromatic heterocycles. The number of benzene rings is 3. The van der Waals surface area contributed by atoms with E-state index in [2.05, 4.69) is 72.8 Å². The van der Waals surface area contributed by atoms with Crippen LogP contribution < -0.4 is 20.7 Å². The summed E-state index contributed by atoms with van der Waals surface area (Å²) in [4.78, 5) is 0. The Morgan fingerprint density at radius 3 is 1.62 bits per heavy atom. The first-order valence-corrected chi connectivity index (χ1v) is 9.34. The molecule has 0 unspecified atom stereocenters. The van der Waals surface area contributed by atoms with Crippen molar-refractivity contribution >= 4 is 23.8 Å². The SMILES string of the molecule is COCCOc1ccc(P(c2ccccc2)c2ccccc2)cc1. The van der Waals surface area contributed by atoms with E-state index in [-0.39, 0.29) is 0 Å². The summed E-state index contributed by atoms with van der Waals surface area (Å²) in [6.07, 6.45) is 0. The first-order valence-electron chi connectivity index (χ1n) is 8.00. The van der Waals surface area contributed by atoms with Gasteiger partial charge in [0, 0.05) is 7.11 Å². The molecule has 0 bridgehead atoms. The van der Waals surface area contributed by atoms with Crippen molar-refractivity contribution < 1.29 is 9.47 Å². The summed E-state index contributed by atoms with van der Waals surface area (Å²) in [7, 11) is 1.13. The van der Waals surface area contributed by atoms with E-state index in [1.54, 1.807) is 7.11 Å². The van der Waals surface area contributed by atoms with Gasteiger partial charge in [0.25, 0.3) is 0 Å². The maximum absolute atomic E-state index is 5.67. The number of hydrogen-bond acceptors (Lipinski definition) is 2. The molecule has 0 saturated heterocycles. The van der Waals surface area contributed by atoms with Crippen molar-refractivity contribution in [3.63, 3.8) is 0 Å². The van der Waals surface area contributed by atoms with Crippen molar-refractivity contribution in [3.8, 4) is 5.75 Å². The van der Waals surface area contributed by atoms with Gasteiger partial charge in [0.1, 0.15) is 12.4 Å². The lowest BCUT2D eigenvalue weighted by molar-refractivity contribution is 0.146. The van der Waals surface area contributed by atoms with Crippen LogP contribution in [-0.4, -0.2) is 20.3 Å². The zero-order chi connectivity index (χ0) is 16.6. The molecule has 0 radical (unpaired) electrons. The Kier molecular flexibility index (Phi) is 6.01. The van der Waals surface area contributed by atoms with Crippen LogP contribution in [0.25, 0.3) is 0 Å². The van der Waals surface area contributed by atoms with Crippen LogP contribution in [0.3, 0.4) is 0 Å². The van der Waals surface area contributed by atoms with E-state index in [0.717, 1.165) is 5.75 Å². The highest BCUT2D eigenvalue weighted by molar-refractivity contribution is 7.79. The Bertz CT molecular complexity index is 687. The fourth-order valence-electron chi connectivity index (χ4n) is 2.54. The molecule has 0 N–H and O–H groups in total. The zero-order valence-electron chi connectivity index (χ0n) is 13.8. The number of methoxy groups -OCH3 is 1. The van der Waals surface area contributed by atoms with Crippen molar-refractivity contribution in [2.75, 3.05) is 20.3 Å². The molecule has 3 heteroatoms. The van der Waals surface area contributed by atoms with Crippen LogP contribution >= 0.6 is 7.92 Å². The molecule has 0 fully saturated rings. The van der Waals surface area contributed by atoms with Gasteiger partial charge in [-0.2, -0.15) is 0 Å². The van der Waals surface area contributed by atoms with E-state index in [9.17, 15) is 0 Å². The molecule has 0 aliphatic heterocycles. The maximum Gasteiger partial charge on any atom is 0.119 e. The fraction of sp³-hybridized carbons (Fsp3) is 0.143. The van der Waals surface area contributed by atoms with Gasteiger partial charge in [-0.1, -0.05) is 72.8 Å². The molecule has 3 aromatic rings. The molecule has 0 spiro atoms. The average molecular weight is 336 g/mol. The van der Waals surface area contributed by atoms with Gasteiger partial charge in [-0.15, -0.1) is 0 Å². The van der Waals surface area contributed by atoms with Gasteiger partial charge in [0.2, 0.25) is 0 Å². The third-order valence-electron chi connectivity index (χ3n) is 3.68. The van der Waals surface area contributed by atoms with Crippen molar-refractivity contribution in [3.05, 3.63) is 84.9 Å². The molecule has 24 heavy (non-hydrogen) atoms. The molecule has 3 rings (SSSR count). The summed E-state index contributed by atoms with van der Waals surface area (Å²) in [5.41, 5.74) is 0. The van der Waals surface area contributed by atoms with Crippen LogP contribution in [0, 0.1) is 0 Å². The lowest BCUT2D eigenvalue weighted by atomic mass is 10.3. The first-order chi connectivity index (χ1) is 11.9. The minimum absolute atomic E-state index is 0.555. The highest BCUT2D eigenvalue weighted by atomic mass is 31.1. The molecule has 122 valence electrons. The third kappa shape index (κ3) is 4.23. The van der Waals surface area contributed by atoms with E-state index in [0.29, 0.717) is 13.2 Å². The summed E-state index contributed by atoms with van der Waals surface area (Å²) in [6, 6.07) is 29.8. The highest BCUT2D eigenvalue weighted by Gasteiger charge is 2.15. The second-order valence-electron chi connectivity index (χ2n) is 5.34. The van der Waals surface area contributed by atoms with Crippen LogP contribution in [-0.2, 0) is 4.74 Å². The predicted octanol–water partition coefficient (Wildman–Crippen LogP) is 3.47. The third-order valence-corrected chi connectivity index (χ3v) is 6.12. The van der Waals surface area contributed by atoms with Gasteiger partial charge in [-0.3, -0.25) is 0 Å². The highest BCUT2D eigenvalue weighted by Crippen LogP contribution is 2.33. The lowest BCUT2D eigenvalue weighted by Gasteiger charge is -2.19. The predicted molar refractivity (Wildman–Crippen MR) is 103 cm³/mol. The summed E-state index contributed by atoms with van der Waals surface area (Å²) in [6.45, 7) is 1.17. The van der Waals surface area contributed by atoms with Gasteiger partial charge >= 0.3 is 0 Å². The minimum Gasteiger partial charge on any atom is -0.491 e. The fourth-order valence-corrected chi connectivity index (χ4v) is 4.82. The van der Waals surface area contributed by atoms with Crippen molar-refractivity contribution in [1.82, 2.24) is 0 Å². The Hall–Kier alpha value is -2.15. The van der Waals surface area contributed by atoms with E-state index in [1.165, 1.54) is 15.9 Å². The molecule has 2 nitrogen and oxygen atoms in total. The monoisotopic (exact) mass is 336 g/mol. The van der Waals surface area contributed by atoms with E-state index >= 15 is 0 Å². The number of ether oxygens (including phenoxy) is 2. The van der Waals surface area contributed by atoms with E-state index < -0.39 is 7.92 Å². The Morgan fingerprint density at radius 2 is 1.12 bits per heavy atom. The molecule has 3 aromatic carbocycles. The van der Waals surface area contributed by atoms with Gasteiger partial charge < -0.3 is 9.47 Å². The van der Waals surface area contributed by atoms with Crippen LogP contribution in [0.1, 0.15) is 0 Å². The Labute approximate surface area is 144 Å². The molecule has 0 aliphatic carbocycles. The topological polar surface area (TPSA) is 18.5 Å². The molecule has 0 aliphatic rings. The Morgan fingerprint density at radius 1 is 0.625 bits per heavy atom. The standard InChI is InChI=1S/C21H21O2P/c1-22-16-17-23-18-12-14-21(15-13-18)24(19-8-4-2-5-9-19)20-10-6-3-7-11-20/h2-15H,16-17H2,1H3. The van der Waals surface area contributed by atoms with Crippen LogP contribution in [0.15, 0.2) is 84.9 Å². The lowest BCUT2D eigenvalue weighted by Crippen LogP contribution is -2.20. The molecule has 0 heterocycles. The van der Waals surface area contributed by atoms with Crippen LogP contribution in [0.2, 0.25) is 0 Å². The van der Waals surface area contributed by atoms with Gasteiger partial charge in [0.05, 0.1) is 6.61 Å². The summed E-state index contributed by atoms with van der Waals surface area (Å²) in [5.74, 6) is 0.881. The minimum atomic E-state index is -0.555. The number of hydrogen-bond donors (Lipinski definition) is 0. The molecular formula is C21H21O2P. The van der Waals surface area contributed by atoms with Gasteiger partial charge in [-0.25, -0.2) is 0 Å². The maximum atomic E-state index is 5.67. The van der Waals surface area contributed by atoms with Crippen LogP contribution in [0.4, 0.5) is 0 Å². The van der Waals surface area contributed by atoms with Gasteiger partial charge in [-0.05, 0) is 36.0 Å². The second kappa shape index (κ2) is 8.63. The molecule has 0 saturated carbocycles. The van der Waals surface area contributed by atoms with Crippen molar-refractivity contribution in [2.45, 2.75) is 0 Å². The summed E-state index contributed by atoms with van der Waals surface area (Å²) in [5, 5.41) is 4.03. The van der Waals surface area contributed by atoms with E-state index in [4.69, 9.17) is 9.47 Å². The van der Waals surface area contributed by atoms with Crippen molar-refractivity contribution in [2.24, 2.45) is 0 Å². The summed E-state index contributed by atoms with van der Waals surface area (Å²) >= 11 is 0. The van der Waals surface area contributed by atoms with E-state index in [1.807, 2.05) is 12.1 Å². The largest absolute Gasteiger partial charge is 0.491 e. The second-order valence-corrected chi connectivity index (χ2v) is 7.56. The van der Waals surface area contributed by atoms with Crippen LogP contribution in [0.5, 0.6) is 5.75 Å². The first kappa shape index (κ1) is 16.7. The quantitative estimate of drug-likeness (QED) is 0.486. The normalized spacial score (nSPS) is 10.8. The van der Waals surface area contributed by atoms with Crippen molar-refractivity contribution in [1.29, 1.82) is 0 Å². The molecular weight excluding hydrogens is 315 g/mol. The molecule has 0 amide bonds. The molecule has 0 atom stereocenters. The smallest absolute Gasteiger partial charge is 0.119 e. The summed E-state index contributed by atoms with van der Waals surface area (Å²) < 4.78 is 10.7. The Balaban J connectivity index is 1.89. The number of rotatable bonds is 7.